The van der Waals surface area contributed by atoms with Crippen molar-refractivity contribution in [2.24, 2.45) is 4.99 Å². The van der Waals surface area contributed by atoms with Gasteiger partial charge in [0.2, 0.25) is 0 Å². The minimum Gasteiger partial charge on any atom is -0.478 e. The maximum absolute atomic E-state index is 6.03. The molecular formula is C28H24NOP. The first-order valence-electron chi connectivity index (χ1n) is 10.6. The zero-order valence-electron chi connectivity index (χ0n) is 17.3. The molecule has 2 nitrogen and oxygen atoms in total. The molecule has 31 heavy (non-hydrogen) atoms. The summed E-state index contributed by atoms with van der Waals surface area (Å²) < 4.78 is 6.03. The minimum atomic E-state index is -0.652. The lowest BCUT2D eigenvalue weighted by molar-refractivity contribution is 0.313. The Bertz CT molecular complexity index is 1120. The predicted molar refractivity (Wildman–Crippen MR) is 131 cm³/mol. The van der Waals surface area contributed by atoms with Crippen LogP contribution in [-0.4, -0.2) is 12.5 Å². The van der Waals surface area contributed by atoms with Gasteiger partial charge in [-0.05, 0) is 35.0 Å². The number of nitrogens with zero attached hydrogens (tertiary/aromatic N) is 1. The molecule has 0 amide bonds. The Hall–Kier alpha value is -3.22. The lowest BCUT2D eigenvalue weighted by Crippen LogP contribution is -2.24. The van der Waals surface area contributed by atoms with Gasteiger partial charge in [-0.15, -0.1) is 0 Å². The molecule has 0 saturated heterocycles. The van der Waals surface area contributed by atoms with E-state index >= 15 is 0 Å². The van der Waals surface area contributed by atoms with E-state index in [1.54, 1.807) is 0 Å². The summed E-state index contributed by atoms with van der Waals surface area (Å²) in [5.41, 5.74) is 2.50. The SMILES string of the molecule is c1ccc(C2COC(Cc3ccccc3P(c3ccccc3)c3ccccc3)=N2)cc1. The van der Waals surface area contributed by atoms with Crippen LogP contribution >= 0.6 is 7.92 Å². The molecule has 0 saturated carbocycles. The number of benzene rings is 4. The highest BCUT2D eigenvalue weighted by molar-refractivity contribution is 7.79. The highest BCUT2D eigenvalue weighted by Gasteiger charge is 2.24. The molecule has 0 aliphatic carbocycles. The first-order valence-corrected chi connectivity index (χ1v) is 12.0. The van der Waals surface area contributed by atoms with E-state index in [9.17, 15) is 0 Å². The second-order valence-electron chi connectivity index (χ2n) is 7.57. The second kappa shape index (κ2) is 9.29. The fraction of sp³-hybridized carbons (Fsp3) is 0.107. The fourth-order valence-electron chi connectivity index (χ4n) is 3.99. The van der Waals surface area contributed by atoms with Gasteiger partial charge in [0, 0.05) is 6.42 Å². The third-order valence-corrected chi connectivity index (χ3v) is 8.04. The highest BCUT2D eigenvalue weighted by Crippen LogP contribution is 2.34. The smallest absolute Gasteiger partial charge is 0.188 e. The lowest BCUT2D eigenvalue weighted by Gasteiger charge is -2.22. The molecule has 0 aromatic heterocycles. The van der Waals surface area contributed by atoms with E-state index in [0.29, 0.717) is 6.61 Å². The summed E-state index contributed by atoms with van der Waals surface area (Å²) in [5.74, 6) is 0.831. The fourth-order valence-corrected chi connectivity index (χ4v) is 6.46. The molecule has 1 unspecified atom stereocenters. The molecule has 4 aromatic carbocycles. The van der Waals surface area contributed by atoms with E-state index in [1.165, 1.54) is 27.0 Å². The average molecular weight is 421 g/mol. The molecule has 3 heteroatoms. The first-order chi connectivity index (χ1) is 15.4. The molecule has 152 valence electrons. The zero-order valence-corrected chi connectivity index (χ0v) is 18.2. The molecule has 0 bridgehead atoms. The van der Waals surface area contributed by atoms with E-state index in [4.69, 9.17) is 9.73 Å². The Balaban J connectivity index is 1.50. The van der Waals surface area contributed by atoms with Crippen molar-refractivity contribution in [3.63, 3.8) is 0 Å². The van der Waals surface area contributed by atoms with Gasteiger partial charge in [0.15, 0.2) is 5.90 Å². The topological polar surface area (TPSA) is 21.6 Å². The van der Waals surface area contributed by atoms with E-state index < -0.39 is 7.92 Å². The summed E-state index contributed by atoms with van der Waals surface area (Å²) in [7, 11) is -0.652. The minimum absolute atomic E-state index is 0.0909. The van der Waals surface area contributed by atoms with Crippen LogP contribution in [0.3, 0.4) is 0 Å². The molecule has 0 radical (unpaired) electrons. The van der Waals surface area contributed by atoms with Crippen LogP contribution in [-0.2, 0) is 11.2 Å². The molecule has 1 atom stereocenters. The number of aliphatic imine (C=N–C) groups is 1. The van der Waals surface area contributed by atoms with Crippen LogP contribution in [0.25, 0.3) is 0 Å². The van der Waals surface area contributed by atoms with Gasteiger partial charge in [-0.25, -0.2) is 4.99 Å². The predicted octanol–water partition coefficient (Wildman–Crippen LogP) is 5.16. The van der Waals surface area contributed by atoms with E-state index in [2.05, 4.69) is 109 Å². The highest BCUT2D eigenvalue weighted by atomic mass is 31.1. The van der Waals surface area contributed by atoms with Crippen molar-refractivity contribution in [1.82, 2.24) is 0 Å². The molecule has 5 rings (SSSR count). The molecule has 0 spiro atoms. The second-order valence-corrected chi connectivity index (χ2v) is 9.76. The van der Waals surface area contributed by atoms with Crippen molar-refractivity contribution in [2.75, 3.05) is 6.61 Å². The largest absolute Gasteiger partial charge is 0.478 e. The first kappa shape index (κ1) is 19.7. The van der Waals surface area contributed by atoms with Gasteiger partial charge in [0.05, 0.1) is 0 Å². The maximum atomic E-state index is 6.03. The van der Waals surface area contributed by atoms with Crippen molar-refractivity contribution >= 4 is 29.7 Å². The molecule has 0 N–H and O–H groups in total. The quantitative estimate of drug-likeness (QED) is 0.394. The average Bonchev–Trinajstić information content (AvgIpc) is 3.31. The molecule has 0 fully saturated rings. The molecular weight excluding hydrogens is 397 g/mol. The van der Waals surface area contributed by atoms with Crippen LogP contribution in [0.4, 0.5) is 0 Å². The van der Waals surface area contributed by atoms with Gasteiger partial charge >= 0.3 is 0 Å². The van der Waals surface area contributed by atoms with Gasteiger partial charge in [-0.2, -0.15) is 0 Å². The zero-order chi connectivity index (χ0) is 20.9. The van der Waals surface area contributed by atoms with Crippen LogP contribution in [0.15, 0.2) is 120 Å². The third kappa shape index (κ3) is 4.45. The van der Waals surface area contributed by atoms with Crippen molar-refractivity contribution < 1.29 is 4.74 Å². The monoisotopic (exact) mass is 421 g/mol. The van der Waals surface area contributed by atoms with Crippen LogP contribution in [0.2, 0.25) is 0 Å². The number of ether oxygens (including phenoxy) is 1. The Labute approximate surface area is 185 Å². The normalized spacial score (nSPS) is 15.5. The number of hydrogen-bond acceptors (Lipinski definition) is 2. The summed E-state index contributed by atoms with van der Waals surface area (Å²) in [6.07, 6.45) is 0.720. The van der Waals surface area contributed by atoms with Crippen LogP contribution < -0.4 is 15.9 Å². The molecule has 4 aromatic rings. The Morgan fingerprint density at radius 1 is 0.677 bits per heavy atom. The Morgan fingerprint density at radius 3 is 1.87 bits per heavy atom. The van der Waals surface area contributed by atoms with Crippen molar-refractivity contribution in [2.45, 2.75) is 12.5 Å². The summed E-state index contributed by atoms with van der Waals surface area (Å²) in [6, 6.07) is 40.9. The van der Waals surface area contributed by atoms with Crippen LogP contribution in [0, 0.1) is 0 Å². The van der Waals surface area contributed by atoms with E-state index in [-0.39, 0.29) is 6.04 Å². The standard InChI is InChI=1S/C28H24NOP/c1-4-12-22(13-5-1)26-21-30-28(29-26)20-23-14-10-11-19-27(23)31(24-15-6-2-7-16-24)25-17-8-3-9-18-25/h1-19,26H,20-21H2. The van der Waals surface area contributed by atoms with Gasteiger partial charge in [0.25, 0.3) is 0 Å². The molecule has 1 aliphatic rings. The maximum Gasteiger partial charge on any atom is 0.188 e. The number of rotatable bonds is 6. The van der Waals surface area contributed by atoms with Crippen molar-refractivity contribution in [3.05, 3.63) is 126 Å². The summed E-state index contributed by atoms with van der Waals surface area (Å²) in [4.78, 5) is 4.90. The van der Waals surface area contributed by atoms with Crippen LogP contribution in [0.5, 0.6) is 0 Å². The van der Waals surface area contributed by atoms with Gasteiger partial charge in [-0.3, -0.25) is 0 Å². The lowest BCUT2D eigenvalue weighted by atomic mass is 10.1. The van der Waals surface area contributed by atoms with E-state index in [0.717, 1.165) is 12.3 Å². The third-order valence-electron chi connectivity index (χ3n) is 5.49. The van der Waals surface area contributed by atoms with Gasteiger partial charge in [-0.1, -0.05) is 115 Å². The summed E-state index contributed by atoms with van der Waals surface area (Å²) >= 11 is 0. The summed E-state index contributed by atoms with van der Waals surface area (Å²) in [5, 5.41) is 4.07. The number of hydrogen-bond donors (Lipinski definition) is 0. The van der Waals surface area contributed by atoms with Crippen LogP contribution in [0.1, 0.15) is 17.2 Å². The Kier molecular flexibility index (Phi) is 5.91. The molecule has 1 heterocycles. The van der Waals surface area contributed by atoms with E-state index in [1.807, 2.05) is 6.07 Å². The summed E-state index contributed by atoms with van der Waals surface area (Å²) in [6.45, 7) is 0.619. The van der Waals surface area contributed by atoms with Crippen molar-refractivity contribution in [3.8, 4) is 0 Å². The van der Waals surface area contributed by atoms with Crippen molar-refractivity contribution in [1.29, 1.82) is 0 Å². The van der Waals surface area contributed by atoms with Gasteiger partial charge < -0.3 is 4.74 Å². The Morgan fingerprint density at radius 2 is 1.23 bits per heavy atom. The van der Waals surface area contributed by atoms with Gasteiger partial charge in [0.1, 0.15) is 12.6 Å². The molecule has 1 aliphatic heterocycles.